The molecule has 3 unspecified atom stereocenters. The van der Waals surface area contributed by atoms with Gasteiger partial charge in [0.25, 0.3) is 5.91 Å². The summed E-state index contributed by atoms with van der Waals surface area (Å²) in [5.74, 6) is -2.40. The molecule has 15 nitrogen and oxygen atoms in total. The number of rotatable bonds is 21. The molecule has 0 saturated carbocycles. The molecule has 0 aromatic heterocycles. The Morgan fingerprint density at radius 2 is 1.84 bits per heavy atom. The molecule has 0 radical (unpaired) electrons. The molecule has 1 heterocycles. The Labute approximate surface area is 287 Å². The minimum Gasteiger partial charge on any atom is -0.479 e. The minimum absolute atomic E-state index is 0.00813. The lowest BCUT2D eigenvalue weighted by Crippen LogP contribution is -2.42. The zero-order valence-electron chi connectivity index (χ0n) is 28.9. The number of aliphatic carboxylic acids is 1. The number of carboxylic acid groups (broad SMARTS) is 1. The first-order valence-electron chi connectivity index (χ1n) is 16.6. The van der Waals surface area contributed by atoms with Crippen LogP contribution < -0.4 is 21.1 Å². The van der Waals surface area contributed by atoms with Crippen LogP contribution in [0, 0.1) is 11.3 Å². The number of aliphatic hydroxyl groups is 1. The summed E-state index contributed by atoms with van der Waals surface area (Å²) >= 11 is 0. The third kappa shape index (κ3) is 14.1. The molecule has 1 saturated heterocycles. The van der Waals surface area contributed by atoms with E-state index in [0.29, 0.717) is 31.4 Å². The second-order valence-corrected chi connectivity index (χ2v) is 12.9. The van der Waals surface area contributed by atoms with Gasteiger partial charge >= 0.3 is 11.9 Å². The summed E-state index contributed by atoms with van der Waals surface area (Å²) < 4.78 is 16.3. The van der Waals surface area contributed by atoms with Crippen molar-refractivity contribution in [1.82, 2.24) is 15.5 Å². The van der Waals surface area contributed by atoms with Gasteiger partial charge in [0.05, 0.1) is 18.2 Å². The molecule has 0 bridgehead atoms. The normalized spacial score (nSPS) is 18.6. The lowest BCUT2D eigenvalue weighted by atomic mass is 9.74. The van der Waals surface area contributed by atoms with Crippen LogP contribution in [-0.2, 0) is 40.1 Å². The largest absolute Gasteiger partial charge is 0.479 e. The van der Waals surface area contributed by atoms with Gasteiger partial charge in [-0.25, -0.2) is 4.79 Å². The number of hydrogen-bond acceptors (Lipinski definition) is 11. The van der Waals surface area contributed by atoms with Gasteiger partial charge in [-0.1, -0.05) is 33.3 Å². The number of aliphatic hydroxyl groups excluding tert-OH is 1. The van der Waals surface area contributed by atoms with Crippen LogP contribution in [0.15, 0.2) is 18.2 Å². The van der Waals surface area contributed by atoms with E-state index in [1.807, 2.05) is 20.8 Å². The van der Waals surface area contributed by atoms with Crippen molar-refractivity contribution in [3.63, 3.8) is 0 Å². The molecule has 4 atom stereocenters. The Hall–Kier alpha value is -4.08. The number of benzene rings is 1. The number of amides is 3. The van der Waals surface area contributed by atoms with E-state index in [1.165, 1.54) is 12.1 Å². The number of nitrogens with two attached hydrogens (primary N) is 1. The van der Waals surface area contributed by atoms with E-state index in [9.17, 15) is 39.0 Å². The SMILES string of the molecule is CC(C)C(C)(CC=O)CC(=O)N(C)CCCCCC(=O)NCCNC(=O)c1cc(COC(=O)CN)ccc1OC1CC(O)C[C@@H](C(=O)O)O1. The molecule has 49 heavy (non-hydrogen) atoms. The second-order valence-electron chi connectivity index (χ2n) is 12.9. The van der Waals surface area contributed by atoms with Crippen molar-refractivity contribution in [3.05, 3.63) is 29.3 Å². The Balaban J connectivity index is 1.83. The smallest absolute Gasteiger partial charge is 0.333 e. The fourth-order valence-electron chi connectivity index (χ4n) is 5.09. The lowest BCUT2D eigenvalue weighted by molar-refractivity contribution is -0.195. The number of unbranched alkanes of at least 4 members (excludes halogenated alkanes) is 2. The maximum absolute atomic E-state index is 13.2. The molecule has 3 amide bonds. The number of carboxylic acids is 1. The molecule has 15 heteroatoms. The quantitative estimate of drug-likeness (QED) is 0.0703. The van der Waals surface area contributed by atoms with Crippen LogP contribution in [0.1, 0.15) is 88.1 Å². The minimum atomic E-state index is -1.28. The van der Waals surface area contributed by atoms with Gasteiger partial charge in [-0.3, -0.25) is 19.2 Å². The maximum Gasteiger partial charge on any atom is 0.333 e. The molecule has 1 aromatic rings. The van der Waals surface area contributed by atoms with Crippen molar-refractivity contribution in [2.75, 3.05) is 33.2 Å². The van der Waals surface area contributed by atoms with Gasteiger partial charge in [-0.15, -0.1) is 0 Å². The molecular weight excluding hydrogens is 640 g/mol. The maximum atomic E-state index is 13.2. The van der Waals surface area contributed by atoms with Crippen molar-refractivity contribution < 1.29 is 53.2 Å². The predicted octanol–water partition coefficient (Wildman–Crippen LogP) is 1.52. The highest BCUT2D eigenvalue weighted by atomic mass is 16.7. The van der Waals surface area contributed by atoms with Crippen LogP contribution in [-0.4, -0.2) is 103 Å². The van der Waals surface area contributed by atoms with E-state index in [0.717, 1.165) is 19.1 Å². The zero-order chi connectivity index (χ0) is 36.6. The van der Waals surface area contributed by atoms with Crippen molar-refractivity contribution in [1.29, 1.82) is 0 Å². The fourth-order valence-corrected chi connectivity index (χ4v) is 5.09. The average molecular weight is 693 g/mol. The van der Waals surface area contributed by atoms with Crippen molar-refractivity contribution >= 4 is 35.9 Å². The highest BCUT2D eigenvalue weighted by Gasteiger charge is 2.35. The summed E-state index contributed by atoms with van der Waals surface area (Å²) in [6.45, 7) is 6.30. The first-order chi connectivity index (χ1) is 23.2. The molecule has 1 aromatic carbocycles. The van der Waals surface area contributed by atoms with Gasteiger partial charge in [0, 0.05) is 58.8 Å². The number of nitrogens with one attached hydrogen (secondary N) is 2. The summed E-state index contributed by atoms with van der Waals surface area (Å²) in [5, 5.41) is 24.9. The summed E-state index contributed by atoms with van der Waals surface area (Å²) in [6.07, 6.45) is 0.377. The molecule has 1 aliphatic rings. The van der Waals surface area contributed by atoms with E-state index >= 15 is 0 Å². The van der Waals surface area contributed by atoms with E-state index in [1.54, 1.807) is 18.0 Å². The molecule has 1 fully saturated rings. The summed E-state index contributed by atoms with van der Waals surface area (Å²) in [4.78, 5) is 73.9. The number of carbonyl (C=O) groups excluding carboxylic acids is 5. The van der Waals surface area contributed by atoms with Gasteiger partial charge in [0.15, 0.2) is 6.10 Å². The van der Waals surface area contributed by atoms with Crippen molar-refractivity contribution in [3.8, 4) is 5.75 Å². The summed E-state index contributed by atoms with van der Waals surface area (Å²) in [7, 11) is 1.75. The highest BCUT2D eigenvalue weighted by molar-refractivity contribution is 5.97. The second kappa shape index (κ2) is 20.4. The number of nitrogens with zero attached hydrogens (tertiary/aromatic N) is 1. The van der Waals surface area contributed by atoms with Gasteiger partial charge < -0.3 is 50.5 Å². The van der Waals surface area contributed by atoms with Crippen LogP contribution in [0.5, 0.6) is 5.75 Å². The number of ether oxygens (including phenoxy) is 3. The van der Waals surface area contributed by atoms with Gasteiger partial charge in [-0.2, -0.15) is 0 Å². The number of carbonyl (C=O) groups is 6. The van der Waals surface area contributed by atoms with Crippen LogP contribution in [0.3, 0.4) is 0 Å². The molecule has 1 aliphatic heterocycles. The average Bonchev–Trinajstić information content (AvgIpc) is 3.05. The standard InChI is InChI=1S/C34H52N4O11/c1-22(2)34(3,11-15-39)19-29(42)38(4)14-7-5-6-8-28(41)36-12-13-37-32(44)25-16-23(21-47-30(43)20-35)9-10-26(25)48-31-18-24(40)17-27(49-31)33(45)46/h9-10,15-16,22,24,27,31,40H,5-8,11-14,17-21,35H2,1-4H3,(H,36,41)(H,37,44)(H,45,46)/t24?,27-,31?,34?/m0/s1. The number of hydrogen-bond donors (Lipinski definition) is 5. The Morgan fingerprint density at radius 1 is 1.12 bits per heavy atom. The Morgan fingerprint density at radius 3 is 2.49 bits per heavy atom. The predicted molar refractivity (Wildman–Crippen MR) is 177 cm³/mol. The Bertz CT molecular complexity index is 1290. The van der Waals surface area contributed by atoms with Crippen molar-refractivity contribution in [2.24, 2.45) is 17.1 Å². The third-order valence-electron chi connectivity index (χ3n) is 8.71. The van der Waals surface area contributed by atoms with Crippen LogP contribution >= 0.6 is 0 Å². The van der Waals surface area contributed by atoms with Gasteiger partial charge in [0.2, 0.25) is 18.1 Å². The monoisotopic (exact) mass is 692 g/mol. The van der Waals surface area contributed by atoms with E-state index < -0.39 is 36.3 Å². The van der Waals surface area contributed by atoms with E-state index in [-0.39, 0.29) is 80.0 Å². The molecule has 274 valence electrons. The topological polar surface area (TPSA) is 224 Å². The van der Waals surface area contributed by atoms with E-state index in [4.69, 9.17) is 19.9 Å². The van der Waals surface area contributed by atoms with E-state index in [2.05, 4.69) is 10.6 Å². The molecule has 0 aliphatic carbocycles. The Kier molecular flexibility index (Phi) is 17.1. The van der Waals surface area contributed by atoms with Crippen LogP contribution in [0.4, 0.5) is 0 Å². The molecular formula is C34H52N4O11. The molecule has 2 rings (SSSR count). The zero-order valence-corrected chi connectivity index (χ0v) is 28.9. The fraction of sp³-hybridized carbons (Fsp3) is 0.647. The number of aldehydes is 1. The summed E-state index contributed by atoms with van der Waals surface area (Å²) in [6, 6.07) is 4.45. The van der Waals surface area contributed by atoms with Crippen LogP contribution in [0.25, 0.3) is 0 Å². The summed E-state index contributed by atoms with van der Waals surface area (Å²) in [5.41, 5.74) is 5.41. The number of esters is 1. The molecule has 0 spiro atoms. The first-order valence-corrected chi connectivity index (χ1v) is 16.6. The first kappa shape index (κ1) is 41.1. The highest BCUT2D eigenvalue weighted by Crippen LogP contribution is 2.34. The molecule has 6 N–H and O–H groups in total. The van der Waals surface area contributed by atoms with Crippen LogP contribution in [0.2, 0.25) is 0 Å². The lowest BCUT2D eigenvalue weighted by Gasteiger charge is -2.33. The van der Waals surface area contributed by atoms with Gasteiger partial charge in [0.1, 0.15) is 18.6 Å². The van der Waals surface area contributed by atoms with Crippen molar-refractivity contribution in [2.45, 2.75) is 97.2 Å². The third-order valence-corrected chi connectivity index (χ3v) is 8.71. The van der Waals surface area contributed by atoms with Gasteiger partial charge in [-0.05, 0) is 41.9 Å².